The number of thiophene rings is 1. The molecule has 5 nitrogen and oxygen atoms in total. The Morgan fingerprint density at radius 1 is 1.20 bits per heavy atom. The number of halogens is 3. The first-order valence-corrected chi connectivity index (χ1v) is 10.4. The van der Waals surface area contributed by atoms with E-state index in [1.165, 1.54) is 42.5 Å². The van der Waals surface area contributed by atoms with E-state index >= 15 is 0 Å². The van der Waals surface area contributed by atoms with E-state index in [0.29, 0.717) is 12.2 Å². The van der Waals surface area contributed by atoms with Crippen LogP contribution in [0.25, 0.3) is 6.08 Å². The molecule has 0 bridgehead atoms. The van der Waals surface area contributed by atoms with Gasteiger partial charge in [0.1, 0.15) is 0 Å². The lowest BCUT2D eigenvalue weighted by Crippen LogP contribution is -2.23. The van der Waals surface area contributed by atoms with Gasteiger partial charge in [0, 0.05) is 23.3 Å². The molecular formula is C20H16F3N3O2S2. The van der Waals surface area contributed by atoms with E-state index in [0.717, 1.165) is 33.2 Å². The van der Waals surface area contributed by atoms with Gasteiger partial charge in [0.05, 0.1) is 23.5 Å². The molecule has 156 valence electrons. The minimum Gasteiger partial charge on any atom is -0.348 e. The number of hydrogen-bond donors (Lipinski definition) is 1. The first kappa shape index (κ1) is 21.7. The van der Waals surface area contributed by atoms with Crippen LogP contribution in [0.4, 0.5) is 24.0 Å². The second kappa shape index (κ2) is 9.23. The Balaban J connectivity index is 1.74. The van der Waals surface area contributed by atoms with E-state index in [-0.39, 0.29) is 16.7 Å². The summed E-state index contributed by atoms with van der Waals surface area (Å²) in [5.74, 6) is -0.785. The van der Waals surface area contributed by atoms with E-state index in [1.807, 2.05) is 17.5 Å². The first-order chi connectivity index (χ1) is 14.2. The summed E-state index contributed by atoms with van der Waals surface area (Å²) < 4.78 is 39.0. The molecule has 3 aromatic rings. The molecule has 2 aromatic heterocycles. The number of thiazole rings is 1. The first-order valence-electron chi connectivity index (χ1n) is 8.66. The Morgan fingerprint density at radius 2 is 2.00 bits per heavy atom. The minimum atomic E-state index is -4.52. The molecule has 0 radical (unpaired) electrons. The second-order valence-electron chi connectivity index (χ2n) is 6.09. The number of amides is 2. The molecule has 0 fully saturated rings. The number of alkyl halides is 3. The van der Waals surface area contributed by atoms with Crippen LogP contribution in [0.5, 0.6) is 0 Å². The van der Waals surface area contributed by atoms with Crippen LogP contribution in [0.15, 0.2) is 53.2 Å². The standard InChI is InChI=1S/C20H16F3N3O2S2/c1-13(27)26(16-5-2-4-14(10-16)20(21,22)23)19-25-15(12-30-19)7-8-18(28)24-11-17-6-3-9-29-17/h2-10,12H,11H2,1H3,(H,24,28)/b8-7+. The summed E-state index contributed by atoms with van der Waals surface area (Å²) in [4.78, 5) is 30.4. The van der Waals surface area contributed by atoms with Crippen LogP contribution in [0, 0.1) is 0 Å². The van der Waals surface area contributed by atoms with Crippen molar-refractivity contribution >= 4 is 51.4 Å². The number of nitrogens with zero attached hydrogens (tertiary/aromatic N) is 2. The highest BCUT2D eigenvalue weighted by atomic mass is 32.1. The van der Waals surface area contributed by atoms with Crippen molar-refractivity contribution in [2.75, 3.05) is 4.90 Å². The number of hydrogen-bond acceptors (Lipinski definition) is 5. The van der Waals surface area contributed by atoms with Crippen LogP contribution in [0.3, 0.4) is 0 Å². The molecule has 10 heteroatoms. The predicted octanol–water partition coefficient (Wildman–Crippen LogP) is 5.24. The topological polar surface area (TPSA) is 62.3 Å². The number of anilines is 2. The summed E-state index contributed by atoms with van der Waals surface area (Å²) in [6, 6.07) is 8.28. The van der Waals surface area contributed by atoms with Crippen LogP contribution in [0.1, 0.15) is 23.1 Å². The average Bonchev–Trinajstić information content (AvgIpc) is 3.36. The van der Waals surface area contributed by atoms with Crippen LogP contribution >= 0.6 is 22.7 Å². The number of carbonyl (C=O) groups excluding carboxylic acids is 2. The summed E-state index contributed by atoms with van der Waals surface area (Å²) >= 11 is 2.62. The number of nitrogens with one attached hydrogen (secondary N) is 1. The largest absolute Gasteiger partial charge is 0.416 e. The summed E-state index contributed by atoms with van der Waals surface area (Å²) in [6.07, 6.45) is -1.73. The van der Waals surface area contributed by atoms with Crippen LogP contribution in [-0.2, 0) is 22.3 Å². The molecule has 2 amide bonds. The van der Waals surface area contributed by atoms with E-state index in [9.17, 15) is 22.8 Å². The Bertz CT molecular complexity index is 1060. The fraction of sp³-hybridized carbons (Fsp3) is 0.150. The summed E-state index contributed by atoms with van der Waals surface area (Å²) in [5.41, 5.74) is -0.374. The molecule has 0 unspecified atom stereocenters. The van der Waals surface area contributed by atoms with Crippen LogP contribution < -0.4 is 10.2 Å². The Morgan fingerprint density at radius 3 is 2.67 bits per heavy atom. The van der Waals surface area contributed by atoms with E-state index < -0.39 is 17.6 Å². The maximum absolute atomic E-state index is 13.0. The Hall–Kier alpha value is -2.98. The zero-order valence-electron chi connectivity index (χ0n) is 15.6. The van der Waals surface area contributed by atoms with Crippen molar-refractivity contribution < 1.29 is 22.8 Å². The monoisotopic (exact) mass is 451 g/mol. The van der Waals surface area contributed by atoms with Gasteiger partial charge in [-0.15, -0.1) is 22.7 Å². The van der Waals surface area contributed by atoms with E-state index in [4.69, 9.17) is 0 Å². The number of benzene rings is 1. The number of rotatable bonds is 6. The van der Waals surface area contributed by atoms with Crippen LogP contribution in [-0.4, -0.2) is 16.8 Å². The molecule has 0 atom stereocenters. The van der Waals surface area contributed by atoms with E-state index in [1.54, 1.807) is 5.38 Å². The number of carbonyl (C=O) groups is 2. The third kappa shape index (κ3) is 5.55. The molecule has 0 aliphatic carbocycles. The maximum Gasteiger partial charge on any atom is 0.416 e. The zero-order valence-corrected chi connectivity index (χ0v) is 17.3. The van der Waals surface area contributed by atoms with Crippen molar-refractivity contribution in [1.29, 1.82) is 0 Å². The van der Waals surface area contributed by atoms with Crippen molar-refractivity contribution in [2.24, 2.45) is 0 Å². The maximum atomic E-state index is 13.0. The molecule has 0 saturated heterocycles. The minimum absolute atomic E-state index is 0.0656. The highest BCUT2D eigenvalue weighted by Crippen LogP contribution is 2.35. The molecule has 30 heavy (non-hydrogen) atoms. The van der Waals surface area contributed by atoms with Crippen molar-refractivity contribution in [1.82, 2.24) is 10.3 Å². The van der Waals surface area contributed by atoms with Gasteiger partial charge in [0.25, 0.3) is 0 Å². The fourth-order valence-electron chi connectivity index (χ4n) is 2.51. The average molecular weight is 451 g/mol. The van der Waals surface area contributed by atoms with Crippen molar-refractivity contribution in [3.63, 3.8) is 0 Å². The second-order valence-corrected chi connectivity index (χ2v) is 7.96. The molecule has 1 aromatic carbocycles. The molecule has 0 aliphatic heterocycles. The molecule has 0 saturated carbocycles. The van der Waals surface area contributed by atoms with Gasteiger partial charge in [-0.3, -0.25) is 14.5 Å². The van der Waals surface area contributed by atoms with Gasteiger partial charge in [-0.1, -0.05) is 12.1 Å². The SMILES string of the molecule is CC(=O)N(c1cccc(C(F)(F)F)c1)c1nc(/C=C/C(=O)NCc2cccs2)cs1. The predicted molar refractivity (Wildman–Crippen MR) is 112 cm³/mol. The van der Waals surface area contributed by atoms with Gasteiger partial charge in [-0.25, -0.2) is 4.98 Å². The van der Waals surface area contributed by atoms with Crippen molar-refractivity contribution in [3.05, 3.63) is 69.4 Å². The Labute approximate surface area is 178 Å². The third-order valence-electron chi connectivity index (χ3n) is 3.87. The molecule has 0 aliphatic rings. The summed E-state index contributed by atoms with van der Waals surface area (Å²) in [7, 11) is 0. The molecule has 2 heterocycles. The molecule has 0 spiro atoms. The lowest BCUT2D eigenvalue weighted by atomic mass is 10.2. The van der Waals surface area contributed by atoms with Gasteiger partial charge >= 0.3 is 6.18 Å². The normalized spacial score (nSPS) is 11.6. The lowest BCUT2D eigenvalue weighted by molar-refractivity contribution is -0.137. The molecule has 1 N–H and O–H groups in total. The van der Waals surface area contributed by atoms with E-state index in [2.05, 4.69) is 10.3 Å². The summed E-state index contributed by atoms with van der Waals surface area (Å²) in [5, 5.41) is 6.48. The number of aromatic nitrogens is 1. The smallest absolute Gasteiger partial charge is 0.348 e. The van der Waals surface area contributed by atoms with Crippen molar-refractivity contribution in [3.8, 4) is 0 Å². The van der Waals surface area contributed by atoms with Gasteiger partial charge < -0.3 is 5.32 Å². The lowest BCUT2D eigenvalue weighted by Gasteiger charge is -2.19. The van der Waals surface area contributed by atoms with Gasteiger partial charge in [0.15, 0.2) is 5.13 Å². The Kier molecular flexibility index (Phi) is 6.68. The summed E-state index contributed by atoms with van der Waals surface area (Å²) in [6.45, 7) is 1.66. The highest BCUT2D eigenvalue weighted by molar-refractivity contribution is 7.14. The fourth-order valence-corrected chi connectivity index (χ4v) is 4.01. The molecule has 3 rings (SSSR count). The van der Waals surface area contributed by atoms with Crippen LogP contribution in [0.2, 0.25) is 0 Å². The molecular weight excluding hydrogens is 435 g/mol. The quantitative estimate of drug-likeness (QED) is 0.522. The highest BCUT2D eigenvalue weighted by Gasteiger charge is 2.31. The van der Waals surface area contributed by atoms with Gasteiger partial charge in [-0.05, 0) is 35.7 Å². The van der Waals surface area contributed by atoms with Gasteiger partial charge in [-0.2, -0.15) is 13.2 Å². The van der Waals surface area contributed by atoms with Crippen molar-refractivity contribution in [2.45, 2.75) is 19.6 Å². The zero-order chi connectivity index (χ0) is 21.7. The van der Waals surface area contributed by atoms with Gasteiger partial charge in [0.2, 0.25) is 11.8 Å². The third-order valence-corrected chi connectivity index (χ3v) is 5.59.